The molecule has 0 spiro atoms. The van der Waals surface area contributed by atoms with Gasteiger partial charge in [-0.25, -0.2) is 4.98 Å². The number of fused-ring (bicyclic) bond motifs is 4. The van der Waals surface area contributed by atoms with Crippen LogP contribution in [0.3, 0.4) is 0 Å². The van der Waals surface area contributed by atoms with Crippen molar-refractivity contribution in [1.82, 2.24) is 4.98 Å². The van der Waals surface area contributed by atoms with Gasteiger partial charge in [-0.05, 0) is 83.0 Å². The highest BCUT2D eigenvalue weighted by molar-refractivity contribution is 8.76. The lowest BCUT2D eigenvalue weighted by atomic mass is 9.86. The molecule has 228 valence electrons. The molecule has 0 fully saturated rings. The fourth-order valence-corrected chi connectivity index (χ4v) is 6.58. The largest absolute Gasteiger partial charge is 0.325 e. The lowest BCUT2D eigenvalue weighted by molar-refractivity contribution is -0.117. The van der Waals surface area contributed by atoms with Crippen molar-refractivity contribution < 1.29 is 9.59 Å². The molecule has 1 aromatic heterocycles. The normalized spacial score (nSPS) is 15.2. The van der Waals surface area contributed by atoms with Crippen molar-refractivity contribution in [3.05, 3.63) is 88.2 Å². The van der Waals surface area contributed by atoms with Crippen LogP contribution < -0.4 is 10.6 Å². The van der Waals surface area contributed by atoms with Gasteiger partial charge in [0.25, 0.3) is 0 Å². The average Bonchev–Trinajstić information content (AvgIpc) is 2.96. The summed E-state index contributed by atoms with van der Waals surface area (Å²) in [4.78, 5) is 30.3. The van der Waals surface area contributed by atoms with Crippen LogP contribution >= 0.6 is 21.6 Å². The van der Waals surface area contributed by atoms with Crippen molar-refractivity contribution in [3.63, 3.8) is 0 Å². The van der Waals surface area contributed by atoms with Crippen LogP contribution in [0, 0.1) is 23.7 Å². The van der Waals surface area contributed by atoms with Crippen molar-refractivity contribution in [1.29, 1.82) is 0 Å². The topological polar surface area (TPSA) is 71.1 Å². The molecule has 0 unspecified atom stereocenters. The second-order valence-electron chi connectivity index (χ2n) is 12.9. The number of nitrogens with one attached hydrogen (secondary N) is 2. The zero-order valence-electron chi connectivity index (χ0n) is 26.5. The van der Waals surface area contributed by atoms with Gasteiger partial charge in [-0.2, -0.15) is 0 Å². The Bertz CT molecular complexity index is 1520. The molecule has 44 heavy (non-hydrogen) atoms. The van der Waals surface area contributed by atoms with Gasteiger partial charge in [-0.1, -0.05) is 93.2 Å². The summed E-state index contributed by atoms with van der Waals surface area (Å²) in [6, 6.07) is 17.7. The predicted octanol–water partition coefficient (Wildman–Crippen LogP) is 8.31. The molecular weight excluding hydrogens is 583 g/mol. The van der Waals surface area contributed by atoms with Crippen LogP contribution in [0.1, 0.15) is 101 Å². The Kier molecular flexibility index (Phi) is 11.2. The van der Waals surface area contributed by atoms with Gasteiger partial charge >= 0.3 is 0 Å². The minimum Gasteiger partial charge on any atom is -0.325 e. The summed E-state index contributed by atoms with van der Waals surface area (Å²) in [5.41, 5.74) is 6.23. The quantitative estimate of drug-likeness (QED) is 0.195. The van der Waals surface area contributed by atoms with E-state index in [-0.39, 0.29) is 22.6 Å². The number of carbonyl (C=O) groups excluding carboxylic acids is 2. The summed E-state index contributed by atoms with van der Waals surface area (Å²) in [6.07, 6.45) is 2.41. The third-order valence-electron chi connectivity index (χ3n) is 7.07. The van der Waals surface area contributed by atoms with Crippen LogP contribution in [0.2, 0.25) is 0 Å². The van der Waals surface area contributed by atoms with Crippen molar-refractivity contribution in [3.8, 4) is 23.7 Å². The summed E-state index contributed by atoms with van der Waals surface area (Å²) in [5, 5.41) is 6.15. The van der Waals surface area contributed by atoms with Gasteiger partial charge < -0.3 is 10.6 Å². The molecule has 2 heterocycles. The summed E-state index contributed by atoms with van der Waals surface area (Å²) in [5.74, 6) is 14.6. The maximum atomic E-state index is 12.8. The maximum absolute atomic E-state index is 12.8. The first kappa shape index (κ1) is 33.2. The summed E-state index contributed by atoms with van der Waals surface area (Å²) in [7, 11) is 3.49. The van der Waals surface area contributed by atoms with Crippen molar-refractivity contribution >= 4 is 44.8 Å². The van der Waals surface area contributed by atoms with Crippen molar-refractivity contribution in [2.45, 2.75) is 78.1 Å². The van der Waals surface area contributed by atoms with E-state index in [1.165, 1.54) is 0 Å². The first-order valence-electron chi connectivity index (χ1n) is 15.0. The Balaban J connectivity index is 1.73. The average molecular weight is 624 g/mol. The highest BCUT2D eigenvalue weighted by atomic mass is 33.1. The molecule has 2 N–H and O–H groups in total. The van der Waals surface area contributed by atoms with E-state index in [0.29, 0.717) is 35.6 Å². The van der Waals surface area contributed by atoms with Gasteiger partial charge in [0, 0.05) is 35.5 Å². The zero-order chi connectivity index (χ0) is 31.7. The summed E-state index contributed by atoms with van der Waals surface area (Å²) < 4.78 is 0. The first-order chi connectivity index (χ1) is 20.9. The lowest BCUT2D eigenvalue weighted by Crippen LogP contribution is -2.15. The van der Waals surface area contributed by atoms with Gasteiger partial charge in [0.2, 0.25) is 11.8 Å². The molecule has 4 rings (SSSR count). The third-order valence-corrected chi connectivity index (χ3v) is 9.64. The molecule has 2 bridgehead atoms. The minimum atomic E-state index is -0.0638. The number of aromatic nitrogens is 1. The van der Waals surface area contributed by atoms with Crippen LogP contribution in [-0.2, 0) is 20.4 Å². The summed E-state index contributed by atoms with van der Waals surface area (Å²) in [6.45, 7) is 13.0. The SMILES string of the molecule is CC(C)(C)c1ccc2c(c1)C#Cc1cccc(n1)C#Cc1cc(C(C)(C)C)ccc1NC(=O)CCCSSCCCC(=O)N2. The highest BCUT2D eigenvalue weighted by Crippen LogP contribution is 2.29. The molecule has 0 radical (unpaired) electrons. The third kappa shape index (κ3) is 9.94. The number of anilines is 2. The molecule has 7 heteroatoms. The fourth-order valence-electron chi connectivity index (χ4n) is 4.41. The van der Waals surface area contributed by atoms with Gasteiger partial charge in [-0.15, -0.1) is 0 Å². The number of hydrogen-bond donors (Lipinski definition) is 2. The number of amides is 2. The number of rotatable bonds is 0. The number of nitrogens with zero attached hydrogens (tertiary/aromatic N) is 1. The van der Waals surface area contributed by atoms with E-state index in [0.717, 1.165) is 46.6 Å². The van der Waals surface area contributed by atoms with E-state index >= 15 is 0 Å². The van der Waals surface area contributed by atoms with E-state index in [1.54, 1.807) is 21.6 Å². The molecule has 0 atom stereocenters. The standard InChI is InChI=1S/C37H41N3O2S2/c1-36(2,3)28-16-20-32-26(24-28)14-18-30-10-7-11-31(38-30)19-15-27-25-29(37(4,5)6)17-21-33(27)40-35(42)13-9-23-44-43-22-8-12-34(41)39-32/h7,10-11,16-17,20-21,24-25H,8-9,12-13,22-23H2,1-6H3,(H,39,41)(H,40,42). The smallest absolute Gasteiger partial charge is 0.224 e. The molecule has 2 amide bonds. The van der Waals surface area contributed by atoms with Crippen LogP contribution in [0.4, 0.5) is 11.4 Å². The first-order valence-corrected chi connectivity index (χ1v) is 17.5. The van der Waals surface area contributed by atoms with E-state index < -0.39 is 0 Å². The van der Waals surface area contributed by atoms with E-state index in [1.807, 2.05) is 30.3 Å². The molecule has 5 nitrogen and oxygen atoms in total. The molecular formula is C37H41N3O2S2. The van der Waals surface area contributed by atoms with Crippen molar-refractivity contribution in [2.75, 3.05) is 22.1 Å². The Hall–Kier alpha value is -3.65. The fraction of sp³-hybridized carbons (Fsp3) is 0.378. The maximum Gasteiger partial charge on any atom is 0.224 e. The van der Waals surface area contributed by atoms with Crippen LogP contribution in [0.5, 0.6) is 0 Å². The number of benzene rings is 2. The highest BCUT2D eigenvalue weighted by Gasteiger charge is 2.17. The Morgan fingerprint density at radius 2 is 1.07 bits per heavy atom. The Morgan fingerprint density at radius 3 is 1.48 bits per heavy atom. The molecule has 2 aromatic carbocycles. The van der Waals surface area contributed by atoms with E-state index in [2.05, 4.69) is 105 Å². The predicted molar refractivity (Wildman–Crippen MR) is 187 cm³/mol. The van der Waals surface area contributed by atoms with Gasteiger partial charge in [-0.3, -0.25) is 9.59 Å². The van der Waals surface area contributed by atoms with Gasteiger partial charge in [0.05, 0.1) is 11.4 Å². The molecule has 1 aliphatic rings. The Morgan fingerprint density at radius 1 is 0.636 bits per heavy atom. The second kappa shape index (κ2) is 14.9. The summed E-state index contributed by atoms with van der Waals surface area (Å²) >= 11 is 0. The van der Waals surface area contributed by atoms with Crippen molar-refractivity contribution in [2.24, 2.45) is 0 Å². The molecule has 0 saturated heterocycles. The van der Waals surface area contributed by atoms with Crippen LogP contribution in [0.15, 0.2) is 54.6 Å². The monoisotopic (exact) mass is 623 g/mol. The van der Waals surface area contributed by atoms with Crippen LogP contribution in [-0.4, -0.2) is 28.3 Å². The zero-order valence-corrected chi connectivity index (χ0v) is 28.2. The lowest BCUT2D eigenvalue weighted by Gasteiger charge is -2.20. The molecule has 3 aromatic rings. The number of pyridine rings is 1. The van der Waals surface area contributed by atoms with Crippen LogP contribution in [0.25, 0.3) is 0 Å². The van der Waals surface area contributed by atoms with E-state index in [9.17, 15) is 9.59 Å². The van der Waals surface area contributed by atoms with Gasteiger partial charge in [0.1, 0.15) is 11.4 Å². The van der Waals surface area contributed by atoms with E-state index in [4.69, 9.17) is 0 Å². The van der Waals surface area contributed by atoms with Gasteiger partial charge in [0.15, 0.2) is 0 Å². The molecule has 0 saturated carbocycles. The Labute approximate surface area is 270 Å². The number of carbonyl (C=O) groups is 2. The number of hydrogen-bond acceptors (Lipinski definition) is 5. The second-order valence-corrected chi connectivity index (χ2v) is 15.6. The minimum absolute atomic E-state index is 0.0261. The molecule has 0 aliphatic carbocycles. The molecule has 1 aliphatic heterocycles.